The fourth-order valence-electron chi connectivity index (χ4n) is 2.60. The molecule has 2 aromatic rings. The van der Waals surface area contributed by atoms with E-state index in [1.807, 2.05) is 12.1 Å². The van der Waals surface area contributed by atoms with Gasteiger partial charge in [-0.1, -0.05) is 6.07 Å². The smallest absolute Gasteiger partial charge is 0.227 e. The molecule has 0 bridgehead atoms. The Labute approximate surface area is 153 Å². The van der Waals surface area contributed by atoms with Crippen molar-refractivity contribution < 1.29 is 14.3 Å². The lowest BCUT2D eigenvalue weighted by molar-refractivity contribution is -0.131. The molecule has 6 nitrogen and oxygen atoms in total. The van der Waals surface area contributed by atoms with Crippen LogP contribution in [0.15, 0.2) is 42.7 Å². The number of amides is 1. The van der Waals surface area contributed by atoms with Crippen molar-refractivity contribution in [1.82, 2.24) is 9.88 Å². The van der Waals surface area contributed by atoms with E-state index in [1.165, 1.54) is 14.0 Å². The highest BCUT2D eigenvalue weighted by atomic mass is 16.5. The van der Waals surface area contributed by atoms with Crippen LogP contribution in [-0.2, 0) is 17.8 Å². The number of methoxy groups -OCH3 is 1. The van der Waals surface area contributed by atoms with E-state index in [-0.39, 0.29) is 24.5 Å². The van der Waals surface area contributed by atoms with Crippen molar-refractivity contribution in [3.8, 4) is 11.8 Å². The van der Waals surface area contributed by atoms with E-state index >= 15 is 0 Å². The first-order chi connectivity index (χ1) is 12.5. The fourth-order valence-corrected chi connectivity index (χ4v) is 2.60. The van der Waals surface area contributed by atoms with Gasteiger partial charge in [0.25, 0.3) is 0 Å². The van der Waals surface area contributed by atoms with Crippen LogP contribution in [0.25, 0.3) is 0 Å². The Morgan fingerprint density at radius 3 is 2.73 bits per heavy atom. The highest BCUT2D eigenvalue weighted by Gasteiger charge is 2.17. The minimum Gasteiger partial charge on any atom is -0.496 e. The third-order valence-electron chi connectivity index (χ3n) is 3.97. The van der Waals surface area contributed by atoms with Gasteiger partial charge in [0.2, 0.25) is 5.91 Å². The molecule has 1 aromatic carbocycles. The molecule has 0 fully saturated rings. The number of ketones is 1. The van der Waals surface area contributed by atoms with Gasteiger partial charge in [0, 0.05) is 36.6 Å². The largest absolute Gasteiger partial charge is 0.496 e. The molecule has 1 heterocycles. The average molecular weight is 351 g/mol. The Bertz CT molecular complexity index is 813. The van der Waals surface area contributed by atoms with Crippen LogP contribution in [-0.4, -0.2) is 35.2 Å². The molecule has 0 radical (unpaired) electrons. The summed E-state index contributed by atoms with van der Waals surface area (Å²) in [6.45, 7) is 2.19. The summed E-state index contributed by atoms with van der Waals surface area (Å²) in [6.07, 6.45) is 3.71. The van der Waals surface area contributed by atoms with Crippen LogP contribution in [0.2, 0.25) is 0 Å². The Kier molecular flexibility index (Phi) is 6.86. The third-order valence-corrected chi connectivity index (χ3v) is 3.97. The van der Waals surface area contributed by atoms with E-state index in [0.717, 1.165) is 5.56 Å². The predicted octanol–water partition coefficient (Wildman–Crippen LogP) is 2.78. The Morgan fingerprint density at radius 2 is 2.12 bits per heavy atom. The number of hydrogen-bond donors (Lipinski definition) is 0. The van der Waals surface area contributed by atoms with Crippen LogP contribution >= 0.6 is 0 Å². The lowest BCUT2D eigenvalue weighted by atomic mass is 10.0. The molecular weight excluding hydrogens is 330 g/mol. The second-order valence-corrected chi connectivity index (χ2v) is 5.84. The summed E-state index contributed by atoms with van der Waals surface area (Å²) in [6, 6.07) is 10.8. The number of rotatable bonds is 8. The lowest BCUT2D eigenvalue weighted by Crippen LogP contribution is -2.32. The van der Waals surface area contributed by atoms with Crippen molar-refractivity contribution in [3.05, 3.63) is 59.4 Å². The van der Waals surface area contributed by atoms with Gasteiger partial charge in [-0.2, -0.15) is 5.26 Å². The monoisotopic (exact) mass is 351 g/mol. The zero-order valence-electron chi connectivity index (χ0n) is 14.9. The summed E-state index contributed by atoms with van der Waals surface area (Å²) in [5.74, 6) is 0.353. The van der Waals surface area contributed by atoms with Crippen molar-refractivity contribution in [2.75, 3.05) is 13.7 Å². The van der Waals surface area contributed by atoms with E-state index in [1.54, 1.807) is 35.5 Å². The third kappa shape index (κ3) is 5.15. The molecule has 26 heavy (non-hydrogen) atoms. The number of carbonyl (C=O) groups is 2. The molecule has 0 saturated carbocycles. The van der Waals surface area contributed by atoms with Gasteiger partial charge in [0.15, 0.2) is 5.78 Å². The summed E-state index contributed by atoms with van der Waals surface area (Å²) in [5.41, 5.74) is 2.08. The molecule has 0 N–H and O–H groups in total. The standard InChI is InChI=1S/C20H21N3O3/c1-15(24)17-6-7-19(26-2)18(11-17)12-20(25)23(10-4-8-21)14-16-5-3-9-22-13-16/h3,5-7,9,11,13H,4,10,12,14H2,1-2H3. The van der Waals surface area contributed by atoms with Crippen LogP contribution in [0.1, 0.15) is 34.8 Å². The zero-order valence-corrected chi connectivity index (χ0v) is 14.9. The number of ether oxygens (including phenoxy) is 1. The summed E-state index contributed by atoms with van der Waals surface area (Å²) in [4.78, 5) is 30.1. The molecule has 0 atom stereocenters. The van der Waals surface area contributed by atoms with Gasteiger partial charge < -0.3 is 9.64 Å². The van der Waals surface area contributed by atoms with Crippen LogP contribution < -0.4 is 4.74 Å². The maximum atomic E-state index is 12.8. The van der Waals surface area contributed by atoms with E-state index in [2.05, 4.69) is 11.1 Å². The molecule has 0 aliphatic heterocycles. The van der Waals surface area contributed by atoms with Gasteiger partial charge in [-0.25, -0.2) is 0 Å². The molecule has 0 aliphatic rings. The quantitative estimate of drug-likeness (QED) is 0.683. The molecule has 2 rings (SSSR count). The molecule has 0 spiro atoms. The van der Waals surface area contributed by atoms with E-state index in [4.69, 9.17) is 10.00 Å². The number of hydrogen-bond acceptors (Lipinski definition) is 5. The highest BCUT2D eigenvalue weighted by molar-refractivity contribution is 5.94. The number of nitrogens with zero attached hydrogens (tertiary/aromatic N) is 3. The fraction of sp³-hybridized carbons (Fsp3) is 0.300. The number of carbonyl (C=O) groups excluding carboxylic acids is 2. The van der Waals surface area contributed by atoms with Crippen molar-refractivity contribution in [2.45, 2.75) is 26.3 Å². The van der Waals surface area contributed by atoms with Crippen molar-refractivity contribution in [3.63, 3.8) is 0 Å². The molecule has 0 unspecified atom stereocenters. The van der Waals surface area contributed by atoms with Gasteiger partial charge in [0.1, 0.15) is 5.75 Å². The van der Waals surface area contributed by atoms with Crippen molar-refractivity contribution in [2.24, 2.45) is 0 Å². The molecule has 1 aromatic heterocycles. The molecule has 0 saturated heterocycles. The van der Waals surface area contributed by atoms with E-state index in [0.29, 0.717) is 30.0 Å². The van der Waals surface area contributed by atoms with Crippen LogP contribution in [0.4, 0.5) is 0 Å². The number of Topliss-reactive ketones (excluding diaryl/α,β-unsaturated/α-hetero) is 1. The molecule has 0 aliphatic carbocycles. The highest BCUT2D eigenvalue weighted by Crippen LogP contribution is 2.22. The molecular formula is C20H21N3O3. The van der Waals surface area contributed by atoms with Crippen LogP contribution in [0.5, 0.6) is 5.75 Å². The summed E-state index contributed by atoms with van der Waals surface area (Å²) >= 11 is 0. The van der Waals surface area contributed by atoms with Gasteiger partial charge in [0.05, 0.1) is 26.0 Å². The minimum absolute atomic E-state index is 0.0713. The average Bonchev–Trinajstić information content (AvgIpc) is 2.65. The SMILES string of the molecule is COc1ccc(C(C)=O)cc1CC(=O)N(CCC#N)Cc1cccnc1. The van der Waals surface area contributed by atoms with Gasteiger partial charge in [-0.3, -0.25) is 14.6 Å². The van der Waals surface area contributed by atoms with Gasteiger partial charge in [-0.15, -0.1) is 0 Å². The normalized spacial score (nSPS) is 10.0. The maximum absolute atomic E-state index is 12.8. The molecule has 1 amide bonds. The Morgan fingerprint density at radius 1 is 1.31 bits per heavy atom. The van der Waals surface area contributed by atoms with Crippen LogP contribution in [0.3, 0.4) is 0 Å². The number of pyridine rings is 1. The van der Waals surface area contributed by atoms with Crippen LogP contribution in [0, 0.1) is 11.3 Å². The summed E-state index contributed by atoms with van der Waals surface area (Å²) < 4.78 is 5.32. The topological polar surface area (TPSA) is 83.3 Å². The first kappa shape index (κ1) is 19.1. The summed E-state index contributed by atoms with van der Waals surface area (Å²) in [5, 5.41) is 8.87. The molecule has 134 valence electrons. The lowest BCUT2D eigenvalue weighted by Gasteiger charge is -2.22. The van der Waals surface area contributed by atoms with E-state index < -0.39 is 0 Å². The van der Waals surface area contributed by atoms with Gasteiger partial charge >= 0.3 is 0 Å². The van der Waals surface area contributed by atoms with Crippen molar-refractivity contribution >= 4 is 11.7 Å². The second kappa shape index (κ2) is 9.33. The Balaban J connectivity index is 2.21. The number of nitriles is 1. The number of benzene rings is 1. The minimum atomic E-state index is -0.136. The van der Waals surface area contributed by atoms with E-state index in [9.17, 15) is 9.59 Å². The summed E-state index contributed by atoms with van der Waals surface area (Å²) in [7, 11) is 1.53. The first-order valence-electron chi connectivity index (χ1n) is 8.26. The number of aromatic nitrogens is 1. The van der Waals surface area contributed by atoms with Gasteiger partial charge in [-0.05, 0) is 36.8 Å². The predicted molar refractivity (Wildman–Crippen MR) is 96.6 cm³/mol. The zero-order chi connectivity index (χ0) is 18.9. The second-order valence-electron chi connectivity index (χ2n) is 5.84. The Hall–Kier alpha value is -3.20. The molecule has 6 heteroatoms. The van der Waals surface area contributed by atoms with Crippen molar-refractivity contribution in [1.29, 1.82) is 5.26 Å². The maximum Gasteiger partial charge on any atom is 0.227 e. The first-order valence-corrected chi connectivity index (χ1v) is 8.26.